The molecule has 0 N–H and O–H groups in total. The molecule has 0 aliphatic rings. The van der Waals surface area contributed by atoms with Crippen LogP contribution in [0.1, 0.15) is 18.2 Å². The van der Waals surface area contributed by atoms with Gasteiger partial charge in [-0.1, -0.05) is 35.6 Å². The van der Waals surface area contributed by atoms with Gasteiger partial charge in [0, 0.05) is 23.9 Å². The minimum Gasteiger partial charge on any atom is -0.491 e. The Morgan fingerprint density at radius 1 is 0.837 bits per heavy atom. The molecule has 0 aliphatic heterocycles. The standard InChI is InChI=1S/C32H29F4N3O3S/c1-3-40-15-16-41-17-18-42-27-13-9-23(10-14-27)30-29(22-7-11-25(12-8-22)32(34,35)36)37-31(43-30)39-20-28(21(2)38-39)24-5-4-6-26(33)19-24/h4-14,19-20H,3,15-18H2,1-2H3. The Kier molecular flexibility index (Phi) is 9.54. The molecule has 2 aromatic heterocycles. The topological polar surface area (TPSA) is 58.4 Å². The van der Waals surface area contributed by atoms with Crippen LogP contribution in [0.15, 0.2) is 79.0 Å². The average Bonchev–Trinajstić information content (AvgIpc) is 3.61. The summed E-state index contributed by atoms with van der Waals surface area (Å²) in [4.78, 5) is 5.55. The third-order valence-electron chi connectivity index (χ3n) is 6.52. The second kappa shape index (κ2) is 13.5. The van der Waals surface area contributed by atoms with Crippen molar-refractivity contribution >= 4 is 11.3 Å². The van der Waals surface area contributed by atoms with Crippen LogP contribution in [0, 0.1) is 12.7 Å². The van der Waals surface area contributed by atoms with Crippen LogP contribution in [0.2, 0.25) is 0 Å². The second-order valence-electron chi connectivity index (χ2n) is 9.51. The molecule has 0 saturated heterocycles. The van der Waals surface area contributed by atoms with Crippen molar-refractivity contribution in [2.45, 2.75) is 20.0 Å². The first kappa shape index (κ1) is 30.4. The molecule has 2 heterocycles. The number of benzene rings is 3. The van der Waals surface area contributed by atoms with Crippen molar-refractivity contribution < 1.29 is 31.8 Å². The van der Waals surface area contributed by atoms with E-state index in [4.69, 9.17) is 19.2 Å². The third-order valence-corrected chi connectivity index (χ3v) is 7.62. The summed E-state index contributed by atoms with van der Waals surface area (Å²) in [6.07, 6.45) is -2.67. The predicted molar refractivity (Wildman–Crippen MR) is 158 cm³/mol. The first-order chi connectivity index (χ1) is 20.7. The van der Waals surface area contributed by atoms with E-state index in [2.05, 4.69) is 5.10 Å². The van der Waals surface area contributed by atoms with Crippen LogP contribution >= 0.6 is 11.3 Å². The highest BCUT2D eigenvalue weighted by molar-refractivity contribution is 7.18. The molecule has 0 radical (unpaired) electrons. The van der Waals surface area contributed by atoms with Crippen molar-refractivity contribution in [1.29, 1.82) is 0 Å². The summed E-state index contributed by atoms with van der Waals surface area (Å²) < 4.78 is 71.7. The summed E-state index contributed by atoms with van der Waals surface area (Å²) in [6, 6.07) is 18.6. The van der Waals surface area contributed by atoms with E-state index >= 15 is 0 Å². The van der Waals surface area contributed by atoms with E-state index in [1.54, 1.807) is 23.0 Å². The fraction of sp³-hybridized carbons (Fsp3) is 0.250. The Morgan fingerprint density at radius 2 is 1.53 bits per heavy atom. The van der Waals surface area contributed by atoms with Crippen LogP contribution in [0.5, 0.6) is 5.75 Å². The van der Waals surface area contributed by atoms with E-state index in [1.165, 1.54) is 35.6 Å². The Morgan fingerprint density at radius 3 is 2.23 bits per heavy atom. The molecule has 0 fully saturated rings. The van der Waals surface area contributed by atoms with Crippen molar-refractivity contribution in [2.75, 3.05) is 33.0 Å². The van der Waals surface area contributed by atoms with Gasteiger partial charge in [-0.2, -0.15) is 18.3 Å². The first-order valence-corrected chi connectivity index (χ1v) is 14.4. The zero-order chi connectivity index (χ0) is 30.4. The first-order valence-electron chi connectivity index (χ1n) is 13.6. The Bertz CT molecular complexity index is 1650. The number of halogens is 4. The third kappa shape index (κ3) is 7.48. The van der Waals surface area contributed by atoms with E-state index in [9.17, 15) is 17.6 Å². The molecular formula is C32H29F4N3O3S. The van der Waals surface area contributed by atoms with Crippen LogP contribution in [-0.2, 0) is 15.7 Å². The molecule has 0 atom stereocenters. The molecule has 11 heteroatoms. The molecule has 0 saturated carbocycles. The zero-order valence-corrected chi connectivity index (χ0v) is 24.3. The molecule has 0 spiro atoms. The molecule has 0 bridgehead atoms. The van der Waals surface area contributed by atoms with E-state index in [0.717, 1.165) is 28.1 Å². The molecular weight excluding hydrogens is 582 g/mol. The Balaban J connectivity index is 1.43. The maximum Gasteiger partial charge on any atom is 0.416 e. The van der Waals surface area contributed by atoms with Gasteiger partial charge in [-0.3, -0.25) is 0 Å². The number of thiazole rings is 1. The normalized spacial score (nSPS) is 11.7. The molecule has 43 heavy (non-hydrogen) atoms. The van der Waals surface area contributed by atoms with Gasteiger partial charge >= 0.3 is 6.18 Å². The molecule has 0 unspecified atom stereocenters. The smallest absolute Gasteiger partial charge is 0.416 e. The van der Waals surface area contributed by atoms with Gasteiger partial charge in [0.15, 0.2) is 0 Å². The number of hydrogen-bond donors (Lipinski definition) is 0. The lowest BCUT2D eigenvalue weighted by atomic mass is 10.0. The quantitative estimate of drug-likeness (QED) is 0.105. The van der Waals surface area contributed by atoms with E-state index in [-0.39, 0.29) is 5.82 Å². The number of aryl methyl sites for hydroxylation is 1. The van der Waals surface area contributed by atoms with Crippen LogP contribution in [-0.4, -0.2) is 47.8 Å². The number of nitrogens with zero attached hydrogens (tertiary/aromatic N) is 3. The minimum atomic E-state index is -4.45. The molecule has 5 rings (SSSR count). The average molecular weight is 612 g/mol. The largest absolute Gasteiger partial charge is 0.491 e. The number of alkyl halides is 3. The number of hydrogen-bond acceptors (Lipinski definition) is 6. The van der Waals surface area contributed by atoms with Gasteiger partial charge in [0.05, 0.1) is 41.6 Å². The zero-order valence-electron chi connectivity index (χ0n) is 23.5. The summed E-state index contributed by atoms with van der Waals surface area (Å²) in [6.45, 7) is 6.22. The van der Waals surface area contributed by atoms with Gasteiger partial charge in [0.2, 0.25) is 5.13 Å². The van der Waals surface area contributed by atoms with Crippen molar-refractivity contribution in [3.8, 4) is 43.7 Å². The van der Waals surface area contributed by atoms with Gasteiger partial charge < -0.3 is 14.2 Å². The van der Waals surface area contributed by atoms with Gasteiger partial charge in [-0.05, 0) is 73.5 Å². The molecule has 0 amide bonds. The lowest BCUT2D eigenvalue weighted by Gasteiger charge is -2.09. The van der Waals surface area contributed by atoms with E-state index in [1.807, 2.05) is 38.1 Å². The molecule has 224 valence electrons. The molecule has 3 aromatic carbocycles. The second-order valence-corrected chi connectivity index (χ2v) is 10.5. The van der Waals surface area contributed by atoms with Gasteiger partial charge in [0.1, 0.15) is 18.2 Å². The van der Waals surface area contributed by atoms with Crippen LogP contribution in [0.4, 0.5) is 17.6 Å². The highest BCUT2D eigenvalue weighted by Crippen LogP contribution is 2.40. The minimum absolute atomic E-state index is 0.354. The SMILES string of the molecule is CCOCCOCCOc1ccc(-c2sc(-n3cc(-c4cccc(F)c4)c(C)n3)nc2-c2ccc(C(F)(F)F)cc2)cc1. The fourth-order valence-electron chi connectivity index (χ4n) is 4.40. The van der Waals surface area contributed by atoms with Gasteiger partial charge in [-0.15, -0.1) is 0 Å². The lowest BCUT2D eigenvalue weighted by Crippen LogP contribution is -2.10. The number of aromatic nitrogens is 3. The van der Waals surface area contributed by atoms with Crippen LogP contribution in [0.3, 0.4) is 0 Å². The maximum atomic E-state index is 13.9. The molecule has 0 aliphatic carbocycles. The number of ether oxygens (including phenoxy) is 3. The summed E-state index contributed by atoms with van der Waals surface area (Å²) >= 11 is 1.35. The van der Waals surface area contributed by atoms with Gasteiger partial charge in [0.25, 0.3) is 0 Å². The van der Waals surface area contributed by atoms with Crippen molar-refractivity contribution in [3.63, 3.8) is 0 Å². The Hall–Kier alpha value is -4.06. The van der Waals surface area contributed by atoms with Crippen molar-refractivity contribution in [1.82, 2.24) is 14.8 Å². The monoisotopic (exact) mass is 611 g/mol. The highest BCUT2D eigenvalue weighted by Gasteiger charge is 2.30. The maximum absolute atomic E-state index is 13.9. The Labute approximate surface area is 250 Å². The van der Waals surface area contributed by atoms with Crippen LogP contribution in [0.25, 0.3) is 38.0 Å². The molecule has 5 aromatic rings. The summed E-state index contributed by atoms with van der Waals surface area (Å²) in [5.74, 6) is 0.299. The summed E-state index contributed by atoms with van der Waals surface area (Å²) in [5.41, 5.74) is 3.23. The van der Waals surface area contributed by atoms with E-state index in [0.29, 0.717) is 66.4 Å². The summed E-state index contributed by atoms with van der Waals surface area (Å²) in [7, 11) is 0. The summed E-state index contributed by atoms with van der Waals surface area (Å²) in [5, 5.41) is 5.12. The van der Waals surface area contributed by atoms with E-state index < -0.39 is 11.7 Å². The lowest BCUT2D eigenvalue weighted by molar-refractivity contribution is -0.137. The van der Waals surface area contributed by atoms with Crippen molar-refractivity contribution in [2.24, 2.45) is 0 Å². The number of rotatable bonds is 12. The molecule has 6 nitrogen and oxygen atoms in total. The van der Waals surface area contributed by atoms with Gasteiger partial charge in [-0.25, -0.2) is 14.1 Å². The fourth-order valence-corrected chi connectivity index (χ4v) is 5.42. The predicted octanol–water partition coefficient (Wildman–Crippen LogP) is 8.23. The van der Waals surface area contributed by atoms with Crippen molar-refractivity contribution in [3.05, 3.63) is 96.1 Å². The van der Waals surface area contributed by atoms with Crippen LogP contribution < -0.4 is 4.74 Å². The highest BCUT2D eigenvalue weighted by atomic mass is 32.1.